The predicted octanol–water partition coefficient (Wildman–Crippen LogP) is 0.866. The first-order valence-electron chi connectivity index (χ1n) is 6.42. The van der Waals surface area contributed by atoms with E-state index in [0.29, 0.717) is 6.42 Å². The molecule has 0 aliphatic carbocycles. The first kappa shape index (κ1) is 17.6. The molecule has 0 saturated carbocycles. The maximum atomic E-state index is 11.7. The van der Waals surface area contributed by atoms with Crippen molar-refractivity contribution in [3.8, 4) is 0 Å². The molecule has 2 atom stereocenters. The van der Waals surface area contributed by atoms with Gasteiger partial charge in [-0.2, -0.15) is 0 Å². The number of carboxylic acids is 1. The van der Waals surface area contributed by atoms with Crippen molar-refractivity contribution >= 4 is 17.7 Å². The molecule has 0 aliphatic rings. The van der Waals surface area contributed by atoms with Crippen LogP contribution < -0.4 is 5.32 Å². The van der Waals surface area contributed by atoms with Gasteiger partial charge in [0.15, 0.2) is 0 Å². The number of carboxylic acid groups (broad SMARTS) is 1. The lowest BCUT2D eigenvalue weighted by molar-refractivity contribution is -0.143. The van der Waals surface area contributed by atoms with Crippen LogP contribution in [0, 0.1) is 0 Å². The lowest BCUT2D eigenvalue weighted by Crippen LogP contribution is -2.44. The maximum absolute atomic E-state index is 11.7. The molecule has 0 rings (SSSR count). The highest BCUT2D eigenvalue weighted by molar-refractivity contribution is 5.84. The predicted molar refractivity (Wildman–Crippen MR) is 69.6 cm³/mol. The number of carbonyl (C=O) groups is 3. The Balaban J connectivity index is 4.39. The lowest BCUT2D eigenvalue weighted by atomic mass is 9.96. The van der Waals surface area contributed by atoms with E-state index in [2.05, 4.69) is 5.32 Å². The van der Waals surface area contributed by atoms with Gasteiger partial charge >= 0.3 is 5.97 Å². The standard InChI is InChI=1S/C13H23NO5/c1-4-7-13(3,19)8-11(16)14-10(12(17)18)6-5-9(2)15/h10,19H,4-8H2,1-3H3,(H,14,16)(H,17,18)/t10-,13?/m0/s1. The highest BCUT2D eigenvalue weighted by Crippen LogP contribution is 2.16. The fourth-order valence-corrected chi connectivity index (χ4v) is 1.82. The van der Waals surface area contributed by atoms with Gasteiger partial charge in [-0.25, -0.2) is 4.79 Å². The van der Waals surface area contributed by atoms with Crippen LogP contribution >= 0.6 is 0 Å². The lowest BCUT2D eigenvalue weighted by Gasteiger charge is -2.23. The van der Waals surface area contributed by atoms with Crippen LogP contribution in [0.5, 0.6) is 0 Å². The molecule has 0 saturated heterocycles. The van der Waals surface area contributed by atoms with E-state index in [1.807, 2.05) is 6.92 Å². The summed E-state index contributed by atoms with van der Waals surface area (Å²) in [6.07, 6.45) is 1.21. The molecule has 6 nitrogen and oxygen atoms in total. The quantitative estimate of drug-likeness (QED) is 0.578. The molecule has 0 bridgehead atoms. The SMILES string of the molecule is CCCC(C)(O)CC(=O)N[C@@H](CCC(C)=O)C(=O)O. The Kier molecular flexibility index (Phi) is 7.29. The highest BCUT2D eigenvalue weighted by atomic mass is 16.4. The summed E-state index contributed by atoms with van der Waals surface area (Å²) < 4.78 is 0. The summed E-state index contributed by atoms with van der Waals surface area (Å²) in [4.78, 5) is 33.4. The fraction of sp³-hybridized carbons (Fsp3) is 0.769. The summed E-state index contributed by atoms with van der Waals surface area (Å²) in [5.41, 5.74) is -1.14. The number of Topliss-reactive ketones (excluding diaryl/α,β-unsaturated/α-hetero) is 1. The minimum Gasteiger partial charge on any atom is -0.480 e. The minimum atomic E-state index is -1.18. The van der Waals surface area contributed by atoms with Crippen LogP contribution in [0.15, 0.2) is 0 Å². The van der Waals surface area contributed by atoms with E-state index < -0.39 is 23.5 Å². The van der Waals surface area contributed by atoms with Crippen LogP contribution in [0.1, 0.15) is 52.9 Å². The molecule has 110 valence electrons. The third kappa shape index (κ3) is 8.31. The molecule has 0 radical (unpaired) electrons. The molecule has 0 fully saturated rings. The van der Waals surface area contributed by atoms with Crippen molar-refractivity contribution in [3.63, 3.8) is 0 Å². The molecule has 19 heavy (non-hydrogen) atoms. The zero-order valence-corrected chi connectivity index (χ0v) is 11.7. The number of hydrogen-bond donors (Lipinski definition) is 3. The normalized spacial score (nSPS) is 15.4. The van der Waals surface area contributed by atoms with Crippen LogP contribution in [0.3, 0.4) is 0 Å². The molecular weight excluding hydrogens is 250 g/mol. The number of amides is 1. The van der Waals surface area contributed by atoms with Gasteiger partial charge in [-0.3, -0.25) is 4.79 Å². The van der Waals surface area contributed by atoms with Crippen molar-refractivity contribution in [2.45, 2.75) is 64.5 Å². The maximum Gasteiger partial charge on any atom is 0.326 e. The number of hydrogen-bond acceptors (Lipinski definition) is 4. The topological polar surface area (TPSA) is 104 Å². The largest absolute Gasteiger partial charge is 0.480 e. The Morgan fingerprint density at radius 1 is 1.32 bits per heavy atom. The number of nitrogens with one attached hydrogen (secondary N) is 1. The molecule has 0 aromatic heterocycles. The first-order chi connectivity index (χ1) is 8.68. The van der Waals surface area contributed by atoms with Crippen molar-refractivity contribution in [3.05, 3.63) is 0 Å². The Hall–Kier alpha value is -1.43. The Morgan fingerprint density at radius 2 is 1.89 bits per heavy atom. The molecule has 1 amide bonds. The van der Waals surface area contributed by atoms with E-state index in [0.717, 1.165) is 6.42 Å². The van der Waals surface area contributed by atoms with Crippen molar-refractivity contribution < 1.29 is 24.6 Å². The van der Waals surface area contributed by atoms with Gasteiger partial charge in [-0.05, 0) is 26.7 Å². The van der Waals surface area contributed by atoms with Gasteiger partial charge in [-0.1, -0.05) is 13.3 Å². The van der Waals surface area contributed by atoms with E-state index in [1.165, 1.54) is 6.92 Å². The second-order valence-corrected chi connectivity index (χ2v) is 5.12. The molecular formula is C13H23NO5. The molecule has 0 aliphatic heterocycles. The van der Waals surface area contributed by atoms with Gasteiger partial charge in [-0.15, -0.1) is 0 Å². The molecule has 1 unspecified atom stereocenters. The zero-order chi connectivity index (χ0) is 15.1. The number of carbonyl (C=O) groups excluding carboxylic acids is 2. The molecule has 0 spiro atoms. The summed E-state index contributed by atoms with van der Waals surface area (Å²) in [7, 11) is 0. The van der Waals surface area contributed by atoms with Crippen molar-refractivity contribution in [2.75, 3.05) is 0 Å². The Morgan fingerprint density at radius 3 is 2.32 bits per heavy atom. The zero-order valence-electron chi connectivity index (χ0n) is 11.7. The van der Waals surface area contributed by atoms with Crippen LogP contribution in [-0.2, 0) is 14.4 Å². The van der Waals surface area contributed by atoms with Crippen molar-refractivity contribution in [1.29, 1.82) is 0 Å². The van der Waals surface area contributed by atoms with Gasteiger partial charge < -0.3 is 20.3 Å². The molecule has 0 heterocycles. The summed E-state index contributed by atoms with van der Waals surface area (Å²) in [5, 5.41) is 21.2. The molecule has 3 N–H and O–H groups in total. The average Bonchev–Trinajstić information content (AvgIpc) is 2.22. The Bertz CT molecular complexity index is 338. The second-order valence-electron chi connectivity index (χ2n) is 5.12. The third-order valence-corrected chi connectivity index (χ3v) is 2.75. The van der Waals surface area contributed by atoms with Crippen molar-refractivity contribution in [1.82, 2.24) is 5.32 Å². The van der Waals surface area contributed by atoms with Crippen LogP contribution in [-0.4, -0.2) is 39.5 Å². The van der Waals surface area contributed by atoms with Crippen molar-refractivity contribution in [2.24, 2.45) is 0 Å². The fourth-order valence-electron chi connectivity index (χ4n) is 1.82. The molecule has 0 aromatic rings. The summed E-state index contributed by atoms with van der Waals surface area (Å²) in [6.45, 7) is 4.80. The number of aliphatic carboxylic acids is 1. The van der Waals surface area contributed by atoms with E-state index >= 15 is 0 Å². The summed E-state index contributed by atoms with van der Waals surface area (Å²) >= 11 is 0. The van der Waals surface area contributed by atoms with E-state index in [4.69, 9.17) is 5.11 Å². The first-order valence-corrected chi connectivity index (χ1v) is 6.42. The highest BCUT2D eigenvalue weighted by Gasteiger charge is 2.26. The van der Waals surface area contributed by atoms with Gasteiger partial charge in [0.2, 0.25) is 5.91 Å². The second kappa shape index (κ2) is 7.89. The van der Waals surface area contributed by atoms with Gasteiger partial charge in [0.25, 0.3) is 0 Å². The van der Waals surface area contributed by atoms with Gasteiger partial charge in [0, 0.05) is 6.42 Å². The average molecular weight is 273 g/mol. The minimum absolute atomic E-state index is 0.0618. The van der Waals surface area contributed by atoms with Crippen LogP contribution in [0.4, 0.5) is 0 Å². The van der Waals surface area contributed by atoms with Gasteiger partial charge in [0.05, 0.1) is 12.0 Å². The molecule has 0 aromatic carbocycles. The molecule has 6 heteroatoms. The summed E-state index contributed by atoms with van der Waals surface area (Å²) in [6, 6.07) is -1.09. The monoisotopic (exact) mass is 273 g/mol. The van der Waals surface area contributed by atoms with E-state index in [-0.39, 0.29) is 25.0 Å². The number of aliphatic hydroxyl groups is 1. The summed E-state index contributed by atoms with van der Waals surface area (Å²) in [5.74, 6) is -1.82. The Labute approximate surface area is 113 Å². The third-order valence-electron chi connectivity index (χ3n) is 2.75. The van der Waals surface area contributed by atoms with E-state index in [9.17, 15) is 19.5 Å². The van der Waals surface area contributed by atoms with Crippen LogP contribution in [0.2, 0.25) is 0 Å². The van der Waals surface area contributed by atoms with Crippen LogP contribution in [0.25, 0.3) is 0 Å². The van der Waals surface area contributed by atoms with E-state index in [1.54, 1.807) is 6.92 Å². The number of ketones is 1. The smallest absolute Gasteiger partial charge is 0.326 e. The number of rotatable bonds is 9. The van der Waals surface area contributed by atoms with Gasteiger partial charge in [0.1, 0.15) is 11.8 Å².